The van der Waals surface area contributed by atoms with Crippen molar-refractivity contribution in [2.24, 2.45) is 0 Å². The number of benzene rings is 2. The van der Waals surface area contributed by atoms with E-state index in [9.17, 15) is 8.78 Å². The molecule has 0 aliphatic rings. The van der Waals surface area contributed by atoms with Gasteiger partial charge >= 0.3 is 0 Å². The molecule has 0 aliphatic heterocycles. The monoisotopic (exact) mass is 220 g/mol. The Kier molecular flexibility index (Phi) is 1.76. The summed E-state index contributed by atoms with van der Waals surface area (Å²) in [4.78, 5) is 0. The van der Waals surface area contributed by atoms with E-state index in [0.717, 1.165) is 14.8 Å². The van der Waals surface area contributed by atoms with E-state index in [-0.39, 0.29) is 0 Å². The molecule has 74 valence electrons. The predicted octanol–water partition coefficient (Wildman–Crippen LogP) is 4.33. The second kappa shape index (κ2) is 3.00. The van der Waals surface area contributed by atoms with Crippen LogP contribution in [0.3, 0.4) is 0 Å². The summed E-state index contributed by atoms with van der Waals surface area (Å²) in [5.41, 5.74) is 0. The van der Waals surface area contributed by atoms with Gasteiger partial charge in [0.15, 0.2) is 11.6 Å². The van der Waals surface area contributed by atoms with Crippen molar-refractivity contribution in [2.75, 3.05) is 0 Å². The lowest BCUT2D eigenvalue weighted by atomic mass is 10.1. The van der Waals surface area contributed by atoms with E-state index < -0.39 is 11.6 Å². The zero-order valence-electron chi connectivity index (χ0n) is 7.63. The molecule has 1 heterocycles. The zero-order valence-corrected chi connectivity index (χ0v) is 8.44. The first-order valence-electron chi connectivity index (χ1n) is 4.52. The first-order chi connectivity index (χ1) is 7.27. The van der Waals surface area contributed by atoms with Crippen molar-refractivity contribution < 1.29 is 8.78 Å². The molecular formula is C12H6F2S. The summed E-state index contributed by atoms with van der Waals surface area (Å²) < 4.78 is 28.4. The zero-order chi connectivity index (χ0) is 10.4. The Hall–Kier alpha value is -1.48. The maximum Gasteiger partial charge on any atom is 0.168 e. The molecule has 0 aliphatic carbocycles. The van der Waals surface area contributed by atoms with E-state index >= 15 is 0 Å². The number of thiophene rings is 1. The van der Waals surface area contributed by atoms with E-state index in [1.807, 2.05) is 24.3 Å². The number of halogens is 2. The molecule has 0 saturated heterocycles. The summed E-state index contributed by atoms with van der Waals surface area (Å²) >= 11 is 1.48. The minimum atomic E-state index is -0.786. The first-order valence-corrected chi connectivity index (χ1v) is 5.34. The highest BCUT2D eigenvalue weighted by Gasteiger charge is 2.12. The van der Waals surface area contributed by atoms with Crippen LogP contribution in [-0.4, -0.2) is 0 Å². The summed E-state index contributed by atoms with van der Waals surface area (Å²) in [7, 11) is 0. The third-order valence-corrected chi connectivity index (χ3v) is 3.57. The van der Waals surface area contributed by atoms with Gasteiger partial charge in [-0.2, -0.15) is 0 Å². The molecule has 0 saturated carbocycles. The Bertz CT molecular complexity index is 655. The molecule has 0 fully saturated rings. The number of hydrogen-bond donors (Lipinski definition) is 0. The number of hydrogen-bond acceptors (Lipinski definition) is 1. The van der Waals surface area contributed by atoms with Gasteiger partial charge in [0.2, 0.25) is 0 Å². The van der Waals surface area contributed by atoms with Gasteiger partial charge in [-0.15, -0.1) is 11.3 Å². The second-order valence-corrected chi connectivity index (χ2v) is 4.42. The molecule has 3 heteroatoms. The van der Waals surface area contributed by atoms with Crippen LogP contribution in [0.5, 0.6) is 0 Å². The standard InChI is InChI=1S/C12H6F2S/c13-8-5-6-10-11(12(8)14)7-3-1-2-4-9(7)15-10/h1-6H. The molecule has 0 amide bonds. The molecular weight excluding hydrogens is 214 g/mol. The highest BCUT2D eigenvalue weighted by molar-refractivity contribution is 7.25. The number of fused-ring (bicyclic) bond motifs is 3. The van der Waals surface area contributed by atoms with Crippen LogP contribution in [0.4, 0.5) is 8.78 Å². The highest BCUT2D eigenvalue weighted by Crippen LogP contribution is 2.35. The van der Waals surface area contributed by atoms with Crippen LogP contribution < -0.4 is 0 Å². The largest absolute Gasteiger partial charge is 0.204 e. The average Bonchev–Trinajstić information content (AvgIpc) is 2.62. The van der Waals surface area contributed by atoms with Crippen molar-refractivity contribution >= 4 is 31.5 Å². The van der Waals surface area contributed by atoms with E-state index in [1.54, 1.807) is 6.07 Å². The minimum Gasteiger partial charge on any atom is -0.204 e. The maximum absolute atomic E-state index is 13.6. The average molecular weight is 220 g/mol. The van der Waals surface area contributed by atoms with Crippen molar-refractivity contribution in [3.05, 3.63) is 48.0 Å². The van der Waals surface area contributed by atoms with Crippen molar-refractivity contribution in [1.29, 1.82) is 0 Å². The summed E-state index contributed by atoms with van der Waals surface area (Å²) in [6.07, 6.45) is 0. The Labute approximate surface area is 88.8 Å². The lowest BCUT2D eigenvalue weighted by molar-refractivity contribution is 0.517. The quantitative estimate of drug-likeness (QED) is 0.529. The molecule has 0 nitrogen and oxygen atoms in total. The van der Waals surface area contributed by atoms with Crippen LogP contribution in [0.25, 0.3) is 20.2 Å². The van der Waals surface area contributed by atoms with Gasteiger partial charge in [-0.3, -0.25) is 0 Å². The fraction of sp³-hybridized carbons (Fsp3) is 0. The molecule has 3 aromatic rings. The summed E-state index contributed by atoms with van der Waals surface area (Å²) in [6.45, 7) is 0. The van der Waals surface area contributed by atoms with Crippen LogP contribution in [0.1, 0.15) is 0 Å². The third-order valence-electron chi connectivity index (χ3n) is 2.43. The van der Waals surface area contributed by atoms with E-state index in [2.05, 4.69) is 0 Å². The van der Waals surface area contributed by atoms with Crippen molar-refractivity contribution in [1.82, 2.24) is 0 Å². The van der Waals surface area contributed by atoms with Gasteiger partial charge in [0.05, 0.1) is 0 Å². The molecule has 0 N–H and O–H groups in total. The maximum atomic E-state index is 13.6. The van der Waals surface area contributed by atoms with Crippen molar-refractivity contribution in [2.45, 2.75) is 0 Å². The summed E-state index contributed by atoms with van der Waals surface area (Å²) in [6, 6.07) is 10.3. The Morgan fingerprint density at radius 2 is 1.67 bits per heavy atom. The van der Waals surface area contributed by atoms with Crippen molar-refractivity contribution in [3.8, 4) is 0 Å². The Morgan fingerprint density at radius 1 is 0.867 bits per heavy atom. The molecule has 0 radical (unpaired) electrons. The topological polar surface area (TPSA) is 0 Å². The Balaban J connectivity index is 2.63. The fourth-order valence-electron chi connectivity index (χ4n) is 1.75. The van der Waals surface area contributed by atoms with E-state index in [0.29, 0.717) is 5.39 Å². The van der Waals surface area contributed by atoms with Crippen LogP contribution in [0.15, 0.2) is 36.4 Å². The predicted molar refractivity (Wildman–Crippen MR) is 59.2 cm³/mol. The normalized spacial score (nSPS) is 11.3. The van der Waals surface area contributed by atoms with E-state index in [4.69, 9.17) is 0 Å². The lowest BCUT2D eigenvalue weighted by Gasteiger charge is -1.94. The molecule has 0 bridgehead atoms. The Morgan fingerprint density at radius 3 is 2.53 bits per heavy atom. The molecule has 0 atom stereocenters. The highest BCUT2D eigenvalue weighted by atomic mass is 32.1. The van der Waals surface area contributed by atoms with Gasteiger partial charge in [0.25, 0.3) is 0 Å². The fourth-order valence-corrected chi connectivity index (χ4v) is 2.85. The molecule has 2 aromatic carbocycles. The van der Waals surface area contributed by atoms with Crippen molar-refractivity contribution in [3.63, 3.8) is 0 Å². The van der Waals surface area contributed by atoms with Crippen LogP contribution in [-0.2, 0) is 0 Å². The molecule has 15 heavy (non-hydrogen) atoms. The molecule has 0 spiro atoms. The minimum absolute atomic E-state index is 0.399. The van der Waals surface area contributed by atoms with Gasteiger partial charge in [-0.1, -0.05) is 18.2 Å². The van der Waals surface area contributed by atoms with Gasteiger partial charge in [0.1, 0.15) is 0 Å². The van der Waals surface area contributed by atoms with E-state index in [1.165, 1.54) is 17.4 Å². The van der Waals surface area contributed by atoms with Gasteiger partial charge < -0.3 is 0 Å². The lowest BCUT2D eigenvalue weighted by Crippen LogP contribution is -1.82. The van der Waals surface area contributed by atoms with Crippen LogP contribution in [0, 0.1) is 11.6 Å². The molecule has 3 rings (SSSR count). The SMILES string of the molecule is Fc1ccc2sc3ccccc3c2c1F. The van der Waals surface area contributed by atoms with Gasteiger partial charge in [0, 0.05) is 20.2 Å². The summed E-state index contributed by atoms with van der Waals surface area (Å²) in [5.74, 6) is -1.53. The third kappa shape index (κ3) is 1.16. The van der Waals surface area contributed by atoms with Crippen LogP contribution >= 0.6 is 11.3 Å². The first kappa shape index (κ1) is 8.80. The van der Waals surface area contributed by atoms with Gasteiger partial charge in [-0.25, -0.2) is 8.78 Å². The van der Waals surface area contributed by atoms with Gasteiger partial charge in [-0.05, 0) is 18.2 Å². The summed E-state index contributed by atoms with van der Waals surface area (Å²) in [5, 5.41) is 1.19. The van der Waals surface area contributed by atoms with Crippen LogP contribution in [0.2, 0.25) is 0 Å². The second-order valence-electron chi connectivity index (χ2n) is 3.33. The number of rotatable bonds is 0. The molecule has 0 unspecified atom stereocenters. The smallest absolute Gasteiger partial charge is 0.168 e. The molecule has 1 aromatic heterocycles.